The SMILES string of the molecule is CNC1CCCC[C@H]1C=O. The Labute approximate surface area is 62.0 Å². The number of nitrogens with one attached hydrogen (secondary N) is 1. The first-order valence-corrected chi connectivity index (χ1v) is 4.01. The Morgan fingerprint density at radius 2 is 2.10 bits per heavy atom. The van der Waals surface area contributed by atoms with Crippen molar-refractivity contribution >= 4 is 6.29 Å². The highest BCUT2D eigenvalue weighted by molar-refractivity contribution is 5.54. The summed E-state index contributed by atoms with van der Waals surface area (Å²) in [6.07, 6.45) is 5.84. The second kappa shape index (κ2) is 3.71. The number of aldehydes is 1. The van der Waals surface area contributed by atoms with Crippen LogP contribution in [0.2, 0.25) is 0 Å². The Kier molecular flexibility index (Phi) is 2.87. The highest BCUT2D eigenvalue weighted by Gasteiger charge is 2.22. The molecule has 0 aromatic rings. The summed E-state index contributed by atoms with van der Waals surface area (Å²) in [6, 6.07) is 0.450. The van der Waals surface area contributed by atoms with Gasteiger partial charge in [0.25, 0.3) is 0 Å². The lowest BCUT2D eigenvalue weighted by atomic mass is 9.86. The molecule has 0 bridgehead atoms. The second-order valence-corrected chi connectivity index (χ2v) is 2.98. The fourth-order valence-corrected chi connectivity index (χ4v) is 1.68. The number of carbonyl (C=O) groups is 1. The van der Waals surface area contributed by atoms with E-state index in [1.165, 1.54) is 19.3 Å². The van der Waals surface area contributed by atoms with Gasteiger partial charge in [0.05, 0.1) is 0 Å². The minimum absolute atomic E-state index is 0.277. The van der Waals surface area contributed by atoms with Crippen molar-refractivity contribution in [1.29, 1.82) is 0 Å². The summed E-state index contributed by atoms with van der Waals surface area (Å²) < 4.78 is 0. The molecule has 0 radical (unpaired) electrons. The van der Waals surface area contributed by atoms with E-state index < -0.39 is 0 Å². The molecule has 0 aromatic carbocycles. The third kappa shape index (κ3) is 1.57. The van der Waals surface area contributed by atoms with E-state index in [1.807, 2.05) is 7.05 Å². The zero-order valence-corrected chi connectivity index (χ0v) is 6.47. The lowest BCUT2D eigenvalue weighted by Crippen LogP contribution is -2.36. The average molecular weight is 141 g/mol. The maximum Gasteiger partial charge on any atom is 0.124 e. The van der Waals surface area contributed by atoms with Crippen LogP contribution in [0.25, 0.3) is 0 Å². The third-order valence-electron chi connectivity index (χ3n) is 2.36. The topological polar surface area (TPSA) is 29.1 Å². The van der Waals surface area contributed by atoms with Crippen LogP contribution in [-0.4, -0.2) is 19.4 Å². The summed E-state index contributed by atoms with van der Waals surface area (Å²) in [5.74, 6) is 0.277. The van der Waals surface area contributed by atoms with E-state index in [4.69, 9.17) is 0 Å². The van der Waals surface area contributed by atoms with Crippen molar-refractivity contribution in [2.75, 3.05) is 7.05 Å². The molecule has 0 spiro atoms. The van der Waals surface area contributed by atoms with E-state index in [2.05, 4.69) is 5.32 Å². The Hall–Kier alpha value is -0.370. The smallest absolute Gasteiger partial charge is 0.124 e. The molecule has 2 heteroatoms. The van der Waals surface area contributed by atoms with Gasteiger partial charge >= 0.3 is 0 Å². The highest BCUT2D eigenvalue weighted by Crippen LogP contribution is 2.21. The van der Waals surface area contributed by atoms with Crippen molar-refractivity contribution in [3.8, 4) is 0 Å². The van der Waals surface area contributed by atoms with E-state index in [0.717, 1.165) is 12.7 Å². The van der Waals surface area contributed by atoms with Gasteiger partial charge in [0.15, 0.2) is 0 Å². The third-order valence-corrected chi connectivity index (χ3v) is 2.36. The summed E-state index contributed by atoms with van der Waals surface area (Å²) in [4.78, 5) is 10.5. The van der Waals surface area contributed by atoms with E-state index in [-0.39, 0.29) is 5.92 Å². The Morgan fingerprint density at radius 1 is 1.40 bits per heavy atom. The second-order valence-electron chi connectivity index (χ2n) is 2.98. The minimum Gasteiger partial charge on any atom is -0.316 e. The molecule has 0 saturated heterocycles. The van der Waals surface area contributed by atoms with Gasteiger partial charge in [-0.2, -0.15) is 0 Å². The van der Waals surface area contributed by atoms with Crippen molar-refractivity contribution in [3.05, 3.63) is 0 Å². The van der Waals surface area contributed by atoms with Crippen LogP contribution < -0.4 is 5.32 Å². The largest absolute Gasteiger partial charge is 0.316 e. The van der Waals surface area contributed by atoms with Crippen molar-refractivity contribution in [3.63, 3.8) is 0 Å². The monoisotopic (exact) mass is 141 g/mol. The predicted molar refractivity (Wildman–Crippen MR) is 40.9 cm³/mol. The lowest BCUT2D eigenvalue weighted by Gasteiger charge is -2.26. The number of hydrogen-bond acceptors (Lipinski definition) is 2. The first-order chi connectivity index (χ1) is 4.88. The average Bonchev–Trinajstić information content (AvgIpc) is 2.04. The first kappa shape index (κ1) is 7.73. The van der Waals surface area contributed by atoms with Crippen LogP contribution in [0.1, 0.15) is 25.7 Å². The van der Waals surface area contributed by atoms with Crippen molar-refractivity contribution in [2.45, 2.75) is 31.7 Å². The van der Waals surface area contributed by atoms with E-state index in [0.29, 0.717) is 6.04 Å². The maximum atomic E-state index is 10.5. The number of hydrogen-bond donors (Lipinski definition) is 1. The molecule has 2 nitrogen and oxygen atoms in total. The molecular formula is C8H15NO. The Morgan fingerprint density at radius 3 is 2.60 bits per heavy atom. The highest BCUT2D eigenvalue weighted by atomic mass is 16.1. The molecule has 1 unspecified atom stereocenters. The van der Waals surface area contributed by atoms with Crippen LogP contribution in [0, 0.1) is 5.92 Å². The Balaban J connectivity index is 2.41. The Bertz CT molecular complexity index is 114. The van der Waals surface area contributed by atoms with Gasteiger partial charge in [-0.3, -0.25) is 0 Å². The molecule has 0 heterocycles. The summed E-state index contributed by atoms with van der Waals surface area (Å²) in [5, 5.41) is 3.17. The molecule has 0 amide bonds. The molecule has 1 fully saturated rings. The standard InChI is InChI=1S/C8H15NO/c1-9-8-5-3-2-4-7(8)6-10/h6-9H,2-5H2,1H3/t7-,8?/m0/s1. The van der Waals surface area contributed by atoms with Crippen LogP contribution in [0.3, 0.4) is 0 Å². The van der Waals surface area contributed by atoms with Crippen LogP contribution in [-0.2, 0) is 4.79 Å². The maximum absolute atomic E-state index is 10.5. The molecule has 58 valence electrons. The summed E-state index contributed by atoms with van der Waals surface area (Å²) in [7, 11) is 1.94. The van der Waals surface area contributed by atoms with Gasteiger partial charge in [0, 0.05) is 12.0 Å². The molecule has 0 aromatic heterocycles. The number of carbonyl (C=O) groups excluding carboxylic acids is 1. The molecule has 1 saturated carbocycles. The van der Waals surface area contributed by atoms with Gasteiger partial charge in [0.1, 0.15) is 6.29 Å². The van der Waals surface area contributed by atoms with Gasteiger partial charge in [-0.1, -0.05) is 12.8 Å². The molecule has 10 heavy (non-hydrogen) atoms. The lowest BCUT2D eigenvalue weighted by molar-refractivity contribution is -0.112. The summed E-state index contributed by atoms with van der Waals surface area (Å²) in [5.41, 5.74) is 0. The van der Waals surface area contributed by atoms with Crippen LogP contribution >= 0.6 is 0 Å². The quantitative estimate of drug-likeness (QED) is 0.580. The van der Waals surface area contributed by atoms with Crippen molar-refractivity contribution in [1.82, 2.24) is 5.32 Å². The molecule has 1 aliphatic carbocycles. The van der Waals surface area contributed by atoms with Crippen LogP contribution in [0.5, 0.6) is 0 Å². The van der Waals surface area contributed by atoms with Gasteiger partial charge in [-0.25, -0.2) is 0 Å². The normalized spacial score (nSPS) is 33.7. The molecule has 1 aliphatic rings. The summed E-state index contributed by atoms with van der Waals surface area (Å²) in [6.45, 7) is 0. The molecule has 0 aliphatic heterocycles. The minimum atomic E-state index is 0.277. The molecule has 1 rings (SSSR count). The van der Waals surface area contributed by atoms with Crippen LogP contribution in [0.15, 0.2) is 0 Å². The number of rotatable bonds is 2. The predicted octanol–water partition coefficient (Wildman–Crippen LogP) is 0.963. The van der Waals surface area contributed by atoms with E-state index in [1.54, 1.807) is 0 Å². The fraction of sp³-hybridized carbons (Fsp3) is 0.875. The van der Waals surface area contributed by atoms with E-state index >= 15 is 0 Å². The zero-order chi connectivity index (χ0) is 7.40. The van der Waals surface area contributed by atoms with Gasteiger partial charge in [-0.15, -0.1) is 0 Å². The van der Waals surface area contributed by atoms with Gasteiger partial charge in [-0.05, 0) is 19.9 Å². The van der Waals surface area contributed by atoms with Gasteiger partial charge in [0.2, 0.25) is 0 Å². The summed E-state index contributed by atoms with van der Waals surface area (Å²) >= 11 is 0. The first-order valence-electron chi connectivity index (χ1n) is 4.01. The molecule has 1 N–H and O–H groups in total. The van der Waals surface area contributed by atoms with Gasteiger partial charge < -0.3 is 10.1 Å². The van der Waals surface area contributed by atoms with Crippen molar-refractivity contribution < 1.29 is 4.79 Å². The zero-order valence-electron chi connectivity index (χ0n) is 6.47. The van der Waals surface area contributed by atoms with Crippen LogP contribution in [0.4, 0.5) is 0 Å². The van der Waals surface area contributed by atoms with E-state index in [9.17, 15) is 4.79 Å². The fourth-order valence-electron chi connectivity index (χ4n) is 1.68. The van der Waals surface area contributed by atoms with Crippen molar-refractivity contribution in [2.24, 2.45) is 5.92 Å². The molecular weight excluding hydrogens is 126 g/mol. The molecule has 2 atom stereocenters.